The van der Waals surface area contributed by atoms with Crippen molar-refractivity contribution >= 4 is 23.6 Å². The van der Waals surface area contributed by atoms with Crippen LogP contribution < -0.4 is 5.32 Å². The number of nitrogens with one attached hydrogen (secondary N) is 1. The maximum absolute atomic E-state index is 13.4. The molecule has 116 valence electrons. The number of hydrogen-bond acceptors (Lipinski definition) is 3. The van der Waals surface area contributed by atoms with Gasteiger partial charge in [-0.1, -0.05) is 31.9 Å². The molecule has 1 amide bonds. The quantitative estimate of drug-likeness (QED) is 0.688. The Morgan fingerprint density at radius 1 is 1.38 bits per heavy atom. The van der Waals surface area contributed by atoms with Crippen LogP contribution in [0.1, 0.15) is 32.6 Å². The van der Waals surface area contributed by atoms with Gasteiger partial charge in [0, 0.05) is 17.1 Å². The average molecular weight is 313 g/mol. The van der Waals surface area contributed by atoms with Crippen molar-refractivity contribution in [2.45, 2.75) is 43.5 Å². The molecule has 0 radical (unpaired) electrons. The van der Waals surface area contributed by atoms with Gasteiger partial charge in [-0.25, -0.2) is 9.18 Å². The first kappa shape index (κ1) is 17.5. The van der Waals surface area contributed by atoms with Crippen LogP contribution in [0.2, 0.25) is 0 Å². The third-order valence-corrected chi connectivity index (χ3v) is 3.95. The highest BCUT2D eigenvalue weighted by Gasteiger charge is 2.18. The van der Waals surface area contributed by atoms with E-state index >= 15 is 0 Å². The normalized spacial score (nSPS) is 11.9. The molecule has 0 aliphatic carbocycles. The molecule has 1 atom stereocenters. The van der Waals surface area contributed by atoms with E-state index in [1.807, 2.05) is 6.92 Å². The SMILES string of the molecule is CCCC[C@H](NC(=O)CCSc1ccccc1F)C(=O)O. The highest BCUT2D eigenvalue weighted by Crippen LogP contribution is 2.21. The molecule has 0 fully saturated rings. The monoisotopic (exact) mass is 313 g/mol. The van der Waals surface area contributed by atoms with Crippen LogP contribution >= 0.6 is 11.8 Å². The maximum Gasteiger partial charge on any atom is 0.326 e. The number of thioether (sulfide) groups is 1. The lowest BCUT2D eigenvalue weighted by molar-refractivity contribution is -0.142. The highest BCUT2D eigenvalue weighted by molar-refractivity contribution is 7.99. The van der Waals surface area contributed by atoms with E-state index in [1.165, 1.54) is 17.8 Å². The van der Waals surface area contributed by atoms with E-state index in [-0.39, 0.29) is 18.1 Å². The molecular weight excluding hydrogens is 293 g/mol. The van der Waals surface area contributed by atoms with Gasteiger partial charge < -0.3 is 10.4 Å². The van der Waals surface area contributed by atoms with E-state index in [0.717, 1.165) is 12.8 Å². The van der Waals surface area contributed by atoms with E-state index in [9.17, 15) is 14.0 Å². The van der Waals surface area contributed by atoms with Crippen molar-refractivity contribution in [2.24, 2.45) is 0 Å². The van der Waals surface area contributed by atoms with E-state index < -0.39 is 12.0 Å². The first-order valence-electron chi connectivity index (χ1n) is 6.94. The van der Waals surface area contributed by atoms with Crippen LogP contribution in [0.25, 0.3) is 0 Å². The van der Waals surface area contributed by atoms with Crippen LogP contribution in [-0.4, -0.2) is 28.8 Å². The molecular formula is C15H20FNO3S. The summed E-state index contributed by atoms with van der Waals surface area (Å²) in [5.74, 6) is -1.23. The van der Waals surface area contributed by atoms with Gasteiger partial charge >= 0.3 is 5.97 Å². The maximum atomic E-state index is 13.4. The molecule has 0 saturated carbocycles. The van der Waals surface area contributed by atoms with Crippen molar-refractivity contribution < 1.29 is 19.1 Å². The molecule has 2 N–H and O–H groups in total. The highest BCUT2D eigenvalue weighted by atomic mass is 32.2. The van der Waals surface area contributed by atoms with Crippen LogP contribution in [0.15, 0.2) is 29.2 Å². The van der Waals surface area contributed by atoms with Gasteiger partial charge in [-0.15, -0.1) is 11.8 Å². The number of carboxylic acids is 1. The molecule has 0 saturated heterocycles. The smallest absolute Gasteiger partial charge is 0.326 e. The Hall–Kier alpha value is -1.56. The second-order valence-electron chi connectivity index (χ2n) is 4.63. The first-order chi connectivity index (χ1) is 10.0. The number of halogens is 1. The lowest BCUT2D eigenvalue weighted by Crippen LogP contribution is -2.40. The molecule has 0 aliphatic heterocycles. The summed E-state index contributed by atoms with van der Waals surface area (Å²) >= 11 is 1.25. The summed E-state index contributed by atoms with van der Waals surface area (Å²) < 4.78 is 13.4. The molecule has 21 heavy (non-hydrogen) atoms. The number of carbonyl (C=O) groups excluding carboxylic acids is 1. The summed E-state index contributed by atoms with van der Waals surface area (Å²) in [6.07, 6.45) is 2.22. The predicted molar refractivity (Wildman–Crippen MR) is 80.8 cm³/mol. The summed E-state index contributed by atoms with van der Waals surface area (Å²) in [7, 11) is 0. The average Bonchev–Trinajstić information content (AvgIpc) is 2.45. The van der Waals surface area contributed by atoms with Crippen LogP contribution in [0.3, 0.4) is 0 Å². The zero-order chi connectivity index (χ0) is 15.7. The second kappa shape index (κ2) is 9.39. The van der Waals surface area contributed by atoms with Crippen molar-refractivity contribution in [1.82, 2.24) is 5.32 Å². The molecule has 0 heterocycles. The zero-order valence-electron chi connectivity index (χ0n) is 12.0. The first-order valence-corrected chi connectivity index (χ1v) is 7.92. The van der Waals surface area contributed by atoms with Crippen molar-refractivity contribution in [3.05, 3.63) is 30.1 Å². The third kappa shape index (κ3) is 6.62. The van der Waals surface area contributed by atoms with Crippen molar-refractivity contribution in [3.8, 4) is 0 Å². The Kier molecular flexibility index (Phi) is 7.82. The van der Waals surface area contributed by atoms with E-state index in [2.05, 4.69) is 5.32 Å². The number of carboxylic acid groups (broad SMARTS) is 1. The molecule has 4 nitrogen and oxygen atoms in total. The minimum atomic E-state index is -1.02. The molecule has 6 heteroatoms. The van der Waals surface area contributed by atoms with Gasteiger partial charge in [0.15, 0.2) is 0 Å². The third-order valence-electron chi connectivity index (χ3n) is 2.90. The van der Waals surface area contributed by atoms with Gasteiger partial charge in [0.2, 0.25) is 5.91 Å². The Balaban J connectivity index is 2.36. The number of unbranched alkanes of at least 4 members (excludes halogenated alkanes) is 1. The number of benzene rings is 1. The van der Waals surface area contributed by atoms with Crippen molar-refractivity contribution in [2.75, 3.05) is 5.75 Å². The minimum absolute atomic E-state index is 0.162. The van der Waals surface area contributed by atoms with Gasteiger partial charge in [0.25, 0.3) is 0 Å². The van der Waals surface area contributed by atoms with Crippen molar-refractivity contribution in [1.29, 1.82) is 0 Å². The standard InChI is InChI=1S/C15H20FNO3S/c1-2-3-7-12(15(19)20)17-14(18)9-10-21-13-8-5-4-6-11(13)16/h4-6,8,12H,2-3,7,9-10H2,1H3,(H,17,18)(H,19,20)/t12-/m0/s1. The molecule has 0 bridgehead atoms. The molecule has 1 rings (SSSR count). The number of carbonyl (C=O) groups is 2. The number of aliphatic carboxylic acids is 1. The fourth-order valence-corrected chi connectivity index (χ4v) is 2.64. The number of rotatable bonds is 9. The van der Waals surface area contributed by atoms with Gasteiger partial charge in [-0.2, -0.15) is 0 Å². The summed E-state index contributed by atoms with van der Waals surface area (Å²) in [4.78, 5) is 23.2. The molecule has 1 aromatic rings. The molecule has 0 spiro atoms. The van der Waals surface area contributed by atoms with Gasteiger partial charge in [0.05, 0.1) is 0 Å². The van der Waals surface area contributed by atoms with Crippen molar-refractivity contribution in [3.63, 3.8) is 0 Å². The van der Waals surface area contributed by atoms with Gasteiger partial charge in [-0.05, 0) is 18.6 Å². The summed E-state index contributed by atoms with van der Waals surface area (Å²) in [5.41, 5.74) is 0. The Morgan fingerprint density at radius 2 is 2.10 bits per heavy atom. The summed E-state index contributed by atoms with van der Waals surface area (Å²) in [5, 5.41) is 11.5. The van der Waals surface area contributed by atoms with E-state index in [0.29, 0.717) is 17.1 Å². The van der Waals surface area contributed by atoms with Crippen LogP contribution in [0, 0.1) is 5.82 Å². The Morgan fingerprint density at radius 3 is 2.71 bits per heavy atom. The fourth-order valence-electron chi connectivity index (χ4n) is 1.75. The van der Waals surface area contributed by atoms with E-state index in [1.54, 1.807) is 18.2 Å². The van der Waals surface area contributed by atoms with Gasteiger partial charge in [0.1, 0.15) is 11.9 Å². The van der Waals surface area contributed by atoms with Crippen LogP contribution in [-0.2, 0) is 9.59 Å². The number of hydrogen-bond donors (Lipinski definition) is 2. The van der Waals surface area contributed by atoms with E-state index in [4.69, 9.17) is 5.11 Å². The molecule has 0 aromatic heterocycles. The topological polar surface area (TPSA) is 66.4 Å². The molecule has 1 aromatic carbocycles. The molecule has 0 unspecified atom stereocenters. The minimum Gasteiger partial charge on any atom is -0.480 e. The van der Waals surface area contributed by atoms with Crippen LogP contribution in [0.4, 0.5) is 4.39 Å². The Bertz CT molecular complexity index is 482. The predicted octanol–water partition coefficient (Wildman–Crippen LogP) is 3.07. The fraction of sp³-hybridized carbons (Fsp3) is 0.467. The largest absolute Gasteiger partial charge is 0.480 e. The summed E-state index contributed by atoms with van der Waals surface area (Å²) in [6, 6.07) is 5.52. The van der Waals surface area contributed by atoms with Gasteiger partial charge in [-0.3, -0.25) is 4.79 Å². The molecule has 0 aliphatic rings. The zero-order valence-corrected chi connectivity index (χ0v) is 12.8. The lowest BCUT2D eigenvalue weighted by Gasteiger charge is -2.13. The number of amides is 1. The lowest BCUT2D eigenvalue weighted by atomic mass is 10.1. The summed E-state index contributed by atoms with van der Waals surface area (Å²) in [6.45, 7) is 1.96. The van der Waals surface area contributed by atoms with Crippen LogP contribution in [0.5, 0.6) is 0 Å². The Labute approximate surface area is 128 Å². The second-order valence-corrected chi connectivity index (χ2v) is 5.77.